The Balaban J connectivity index is 1.61. The minimum Gasteiger partial charge on any atom is -0.344 e. The average molecular weight is 907 g/mol. The van der Waals surface area contributed by atoms with Crippen LogP contribution in [-0.2, 0) is 40.0 Å². The molecule has 4 rings (SSSR count). The maximum atomic E-state index is 14.7. The van der Waals surface area contributed by atoms with Crippen molar-refractivity contribution < 1.29 is 51.1 Å². The standard InChI is InChI=1S/C41H57Cl2F4N7O7/c1-7-10-28(50-36(58)32-20-26(44)21-54(32)39(61)40(14-15-40)41(45,46)47)33(55)49-29-11-8-9-16-52(5)37(59)23(4)48-35(57)31(19-24-18-25(42)12-13-27(24)43)53(6)38(60)30(17-22(2)3)51-34(29)56/h12-13,18,22-23,26,28-32H,7-11,14-17,19-21H2,1-6H3,(H,48,57)(H,49,55)(H,50,58)(H,51,56)/t23-,26-,28+,29+,30+,31+,32+/m1/s1. The predicted octanol–water partition coefficient (Wildman–Crippen LogP) is 4.09. The average Bonchev–Trinajstić information content (AvgIpc) is 3.93. The van der Waals surface area contributed by atoms with Gasteiger partial charge >= 0.3 is 6.18 Å². The molecule has 1 saturated carbocycles. The first-order valence-corrected chi connectivity index (χ1v) is 21.5. The molecular formula is C41H57Cl2F4N7O7. The van der Waals surface area contributed by atoms with E-state index < -0.39 is 121 Å². The van der Waals surface area contributed by atoms with Crippen LogP contribution < -0.4 is 21.3 Å². The number of likely N-dealkylation sites (tertiary alicyclic amines) is 1. The summed E-state index contributed by atoms with van der Waals surface area (Å²) in [6.45, 7) is 6.40. The predicted molar refractivity (Wildman–Crippen MR) is 219 cm³/mol. The third-order valence-electron chi connectivity index (χ3n) is 11.6. The molecule has 14 nitrogen and oxygen atoms in total. The Labute approximate surface area is 363 Å². The fourth-order valence-corrected chi connectivity index (χ4v) is 8.22. The Kier molecular flexibility index (Phi) is 16.9. The molecule has 1 aromatic rings. The second kappa shape index (κ2) is 20.8. The van der Waals surface area contributed by atoms with Crippen LogP contribution in [-0.4, -0.2) is 132 Å². The summed E-state index contributed by atoms with van der Waals surface area (Å²) >= 11 is 12.7. The molecule has 1 aliphatic carbocycles. The van der Waals surface area contributed by atoms with E-state index in [4.69, 9.17) is 23.2 Å². The number of likely N-dealkylation sites (N-methyl/N-ethyl adjacent to an activating group) is 2. The highest BCUT2D eigenvalue weighted by atomic mass is 35.5. The number of carbonyl (C=O) groups excluding carboxylic acids is 7. The van der Waals surface area contributed by atoms with E-state index in [0.717, 1.165) is 0 Å². The van der Waals surface area contributed by atoms with Gasteiger partial charge in [-0.2, -0.15) is 13.2 Å². The van der Waals surface area contributed by atoms with Crippen molar-refractivity contribution in [3.05, 3.63) is 33.8 Å². The molecule has 0 spiro atoms. The van der Waals surface area contributed by atoms with Crippen LogP contribution in [0.15, 0.2) is 18.2 Å². The molecule has 61 heavy (non-hydrogen) atoms. The zero-order valence-corrected chi connectivity index (χ0v) is 36.8. The van der Waals surface area contributed by atoms with E-state index in [1.807, 2.05) is 13.8 Å². The molecule has 2 aliphatic heterocycles. The molecule has 0 aromatic heterocycles. The summed E-state index contributed by atoms with van der Waals surface area (Å²) in [4.78, 5) is 99.6. The van der Waals surface area contributed by atoms with Crippen molar-refractivity contribution in [3.63, 3.8) is 0 Å². The Morgan fingerprint density at radius 1 is 1.00 bits per heavy atom. The largest absolute Gasteiger partial charge is 0.403 e. The Hall–Kier alpha value is -4.19. The molecule has 20 heteroatoms. The van der Waals surface area contributed by atoms with Gasteiger partial charge in [-0.05, 0) is 81.5 Å². The lowest BCUT2D eigenvalue weighted by Gasteiger charge is -2.34. The van der Waals surface area contributed by atoms with Gasteiger partial charge in [0.2, 0.25) is 41.4 Å². The van der Waals surface area contributed by atoms with Crippen LogP contribution in [0.5, 0.6) is 0 Å². The highest BCUT2D eigenvalue weighted by molar-refractivity contribution is 6.33. The van der Waals surface area contributed by atoms with Gasteiger partial charge in [0, 0.05) is 43.5 Å². The van der Waals surface area contributed by atoms with Crippen molar-refractivity contribution in [3.8, 4) is 0 Å². The van der Waals surface area contributed by atoms with Crippen LogP contribution in [0.2, 0.25) is 10.0 Å². The summed E-state index contributed by atoms with van der Waals surface area (Å²) in [6.07, 6.45) is -7.08. The second-order valence-electron chi connectivity index (χ2n) is 16.9. The Bertz CT molecular complexity index is 1820. The molecule has 0 bridgehead atoms. The smallest absolute Gasteiger partial charge is 0.344 e. The lowest BCUT2D eigenvalue weighted by atomic mass is 9.98. The fourth-order valence-electron chi connectivity index (χ4n) is 7.83. The molecule has 1 aromatic carbocycles. The Morgan fingerprint density at radius 2 is 1.67 bits per heavy atom. The van der Waals surface area contributed by atoms with Crippen molar-refractivity contribution >= 4 is 64.6 Å². The number of hydrogen-bond donors (Lipinski definition) is 4. The first kappa shape index (κ1) is 49.5. The molecule has 3 aliphatic rings. The third kappa shape index (κ3) is 12.3. The maximum absolute atomic E-state index is 14.7. The minimum absolute atomic E-state index is 0.0164. The van der Waals surface area contributed by atoms with Crippen molar-refractivity contribution in [2.75, 3.05) is 27.2 Å². The third-order valence-corrected chi connectivity index (χ3v) is 12.2. The molecule has 7 atom stereocenters. The van der Waals surface area contributed by atoms with Crippen LogP contribution >= 0.6 is 23.2 Å². The monoisotopic (exact) mass is 905 g/mol. The normalized spacial score (nSPS) is 26.1. The van der Waals surface area contributed by atoms with Crippen LogP contribution in [0.25, 0.3) is 0 Å². The van der Waals surface area contributed by atoms with Crippen molar-refractivity contribution in [2.45, 2.75) is 141 Å². The molecular weight excluding hydrogens is 849 g/mol. The summed E-state index contributed by atoms with van der Waals surface area (Å²) in [5.74, 6) is -5.83. The number of alkyl halides is 4. The van der Waals surface area contributed by atoms with Gasteiger partial charge in [0.25, 0.3) is 0 Å². The van der Waals surface area contributed by atoms with Gasteiger partial charge < -0.3 is 36.0 Å². The lowest BCUT2D eigenvalue weighted by Crippen LogP contribution is -2.60. The van der Waals surface area contributed by atoms with Crippen LogP contribution in [0.4, 0.5) is 17.6 Å². The number of rotatable bonds is 11. The van der Waals surface area contributed by atoms with Gasteiger partial charge in [0.1, 0.15) is 47.8 Å². The van der Waals surface area contributed by atoms with Gasteiger partial charge in [-0.15, -0.1) is 0 Å². The van der Waals surface area contributed by atoms with Crippen molar-refractivity contribution in [1.82, 2.24) is 36.0 Å². The molecule has 0 radical (unpaired) electrons. The lowest BCUT2D eigenvalue weighted by molar-refractivity contribution is -0.199. The minimum atomic E-state index is -4.88. The first-order chi connectivity index (χ1) is 28.5. The zero-order chi connectivity index (χ0) is 45.6. The molecule has 3 fully saturated rings. The second-order valence-corrected chi connectivity index (χ2v) is 17.7. The van der Waals surface area contributed by atoms with Crippen LogP contribution in [0.1, 0.15) is 91.0 Å². The molecule has 7 amide bonds. The van der Waals surface area contributed by atoms with E-state index in [2.05, 4.69) is 21.3 Å². The van der Waals surface area contributed by atoms with Gasteiger partial charge in [-0.25, -0.2) is 4.39 Å². The number of carbonyl (C=O) groups is 7. The van der Waals surface area contributed by atoms with Crippen LogP contribution in [0, 0.1) is 11.3 Å². The summed E-state index contributed by atoms with van der Waals surface area (Å²) in [5, 5.41) is 11.3. The summed E-state index contributed by atoms with van der Waals surface area (Å²) in [6, 6.07) is -2.94. The quantitative estimate of drug-likeness (QED) is 0.242. The highest BCUT2D eigenvalue weighted by Gasteiger charge is 2.70. The van der Waals surface area contributed by atoms with E-state index in [0.29, 0.717) is 34.7 Å². The van der Waals surface area contributed by atoms with E-state index in [-0.39, 0.29) is 43.2 Å². The topological polar surface area (TPSA) is 177 Å². The number of hydrogen-bond acceptors (Lipinski definition) is 7. The van der Waals surface area contributed by atoms with Gasteiger partial charge in [0.15, 0.2) is 0 Å². The van der Waals surface area contributed by atoms with Crippen molar-refractivity contribution in [2.24, 2.45) is 11.3 Å². The summed E-state index contributed by atoms with van der Waals surface area (Å²) < 4.78 is 56.2. The fraction of sp³-hybridized carbons (Fsp3) is 0.683. The SMILES string of the molecule is CCC[C@H](NC(=O)[C@@H]1C[C@@H](F)CN1C(=O)C1(C(F)(F)F)CC1)C(=O)N[C@H]1CCCCN(C)C(=O)[C@@H](C)NC(=O)[C@H](Cc2cc(Cl)ccc2Cl)N(C)C(=O)[C@H](CC(C)C)NC1=O. The Morgan fingerprint density at radius 3 is 2.28 bits per heavy atom. The number of nitrogens with zero attached hydrogens (tertiary/aromatic N) is 3. The summed E-state index contributed by atoms with van der Waals surface area (Å²) in [7, 11) is 2.94. The molecule has 2 heterocycles. The van der Waals surface area contributed by atoms with E-state index in [1.54, 1.807) is 32.2 Å². The molecule has 2 saturated heterocycles. The van der Waals surface area contributed by atoms with E-state index >= 15 is 0 Å². The maximum Gasteiger partial charge on any atom is 0.403 e. The summed E-state index contributed by atoms with van der Waals surface area (Å²) in [5.41, 5.74) is -2.22. The van der Waals surface area contributed by atoms with Gasteiger partial charge in [-0.3, -0.25) is 33.6 Å². The highest BCUT2D eigenvalue weighted by Crippen LogP contribution is 2.59. The zero-order valence-electron chi connectivity index (χ0n) is 35.3. The number of benzene rings is 1. The van der Waals surface area contributed by atoms with Crippen LogP contribution in [0.3, 0.4) is 0 Å². The van der Waals surface area contributed by atoms with Gasteiger partial charge in [-0.1, -0.05) is 50.4 Å². The first-order valence-electron chi connectivity index (χ1n) is 20.7. The molecule has 0 unspecified atom stereocenters. The molecule has 340 valence electrons. The number of nitrogens with one attached hydrogen (secondary N) is 4. The number of amides is 7. The van der Waals surface area contributed by atoms with Gasteiger partial charge in [0.05, 0.1) is 6.54 Å². The van der Waals surface area contributed by atoms with E-state index in [9.17, 15) is 51.1 Å². The molecule has 4 N–H and O–H groups in total. The number of halogens is 6. The van der Waals surface area contributed by atoms with E-state index in [1.165, 1.54) is 23.8 Å². The van der Waals surface area contributed by atoms with Crippen molar-refractivity contribution in [1.29, 1.82) is 0 Å².